The molecule has 0 fully saturated rings. The van der Waals surface area contributed by atoms with Crippen molar-refractivity contribution < 1.29 is 27.2 Å². The van der Waals surface area contributed by atoms with E-state index in [1.807, 2.05) is 29.4 Å². The molecule has 0 unspecified atom stereocenters. The molecule has 0 saturated heterocycles. The monoisotopic (exact) mass is 455 g/mol. The molecule has 2 N–H and O–H groups in total. The van der Waals surface area contributed by atoms with Crippen molar-refractivity contribution in [2.24, 2.45) is 5.10 Å². The van der Waals surface area contributed by atoms with Crippen molar-refractivity contribution >= 4 is 22.9 Å². The van der Waals surface area contributed by atoms with Crippen molar-refractivity contribution in [3.05, 3.63) is 99.5 Å². The van der Waals surface area contributed by atoms with Gasteiger partial charge in [0, 0.05) is 10.9 Å². The number of hydrazone groups is 1. The van der Waals surface area contributed by atoms with Crippen LogP contribution in [0.15, 0.2) is 81.1 Å². The van der Waals surface area contributed by atoms with Gasteiger partial charge >= 0.3 is 12.1 Å². The molecule has 1 aromatic heterocycles. The molecule has 0 aliphatic heterocycles. The first-order valence-corrected chi connectivity index (χ1v) is 9.64. The van der Waals surface area contributed by atoms with Crippen LogP contribution in [-0.2, 0) is 12.8 Å². The van der Waals surface area contributed by atoms with Crippen LogP contribution in [0.25, 0.3) is 10.8 Å². The van der Waals surface area contributed by atoms with Gasteiger partial charge in [-0.1, -0.05) is 36.4 Å². The number of halogens is 3. The molecule has 0 aliphatic rings. The van der Waals surface area contributed by atoms with Crippen LogP contribution in [0.2, 0.25) is 0 Å². The zero-order valence-electron chi connectivity index (χ0n) is 16.8. The summed E-state index contributed by atoms with van der Waals surface area (Å²) in [6, 6.07) is 16.6. The summed E-state index contributed by atoms with van der Waals surface area (Å²) in [6.45, 7) is 0.0908. The number of nitrogens with one attached hydrogen (secondary N) is 2. The Hall–Kier alpha value is -4.34. The SMILES string of the molecule is O=C(NN=Cc1ccc(OCc2ccc(C(F)(F)F)cc2)c2ccccc12)c1cc(=O)[nH]o1. The number of nitrogens with zero attached hydrogens (tertiary/aromatic N) is 1. The fourth-order valence-electron chi connectivity index (χ4n) is 3.09. The van der Waals surface area contributed by atoms with Crippen molar-refractivity contribution in [3.8, 4) is 5.75 Å². The van der Waals surface area contributed by atoms with Crippen molar-refractivity contribution in [1.82, 2.24) is 10.6 Å². The zero-order chi connectivity index (χ0) is 23.4. The highest BCUT2D eigenvalue weighted by Gasteiger charge is 2.29. The number of hydrogen-bond acceptors (Lipinski definition) is 5. The molecule has 33 heavy (non-hydrogen) atoms. The predicted octanol–water partition coefficient (Wildman–Crippen LogP) is 4.48. The molecule has 0 atom stereocenters. The quantitative estimate of drug-likeness (QED) is 0.331. The van der Waals surface area contributed by atoms with Gasteiger partial charge in [0.25, 0.3) is 5.56 Å². The molecule has 1 amide bonds. The lowest BCUT2D eigenvalue weighted by Gasteiger charge is -2.12. The highest BCUT2D eigenvalue weighted by atomic mass is 19.4. The molecule has 10 heteroatoms. The van der Waals surface area contributed by atoms with Gasteiger partial charge in [0.15, 0.2) is 0 Å². The number of H-pyrrole nitrogens is 1. The standard InChI is InChI=1S/C23H16F3N3O4/c24-23(25,26)16-8-5-14(6-9-16)13-32-19-10-7-15(17-3-1-2-4-18(17)19)12-27-28-22(31)20-11-21(30)29-33-20/h1-12H,13H2,(H,28,31)(H,29,30). The Balaban J connectivity index is 1.49. The van der Waals surface area contributed by atoms with E-state index >= 15 is 0 Å². The molecule has 0 spiro atoms. The third-order valence-corrected chi connectivity index (χ3v) is 4.71. The molecule has 0 saturated carbocycles. The molecule has 3 aromatic carbocycles. The maximum atomic E-state index is 12.7. The van der Waals surface area contributed by atoms with Crippen molar-refractivity contribution in [3.63, 3.8) is 0 Å². The van der Waals surface area contributed by atoms with Gasteiger partial charge in [-0.05, 0) is 35.2 Å². The van der Waals surface area contributed by atoms with Crippen LogP contribution in [0.3, 0.4) is 0 Å². The van der Waals surface area contributed by atoms with Gasteiger partial charge in [0.2, 0.25) is 5.76 Å². The molecule has 0 radical (unpaired) electrons. The summed E-state index contributed by atoms with van der Waals surface area (Å²) in [6.07, 6.45) is -2.95. The van der Waals surface area contributed by atoms with E-state index in [1.54, 1.807) is 12.1 Å². The highest BCUT2D eigenvalue weighted by molar-refractivity contribution is 6.02. The average Bonchev–Trinajstić information content (AvgIpc) is 3.24. The lowest BCUT2D eigenvalue weighted by molar-refractivity contribution is -0.137. The second-order valence-electron chi connectivity index (χ2n) is 6.96. The average molecular weight is 455 g/mol. The van der Waals surface area contributed by atoms with E-state index in [-0.39, 0.29) is 12.4 Å². The van der Waals surface area contributed by atoms with E-state index in [0.29, 0.717) is 16.9 Å². The minimum atomic E-state index is -4.39. The Morgan fingerprint density at radius 3 is 2.45 bits per heavy atom. The number of ether oxygens (including phenoxy) is 1. The van der Waals surface area contributed by atoms with Gasteiger partial charge in [-0.15, -0.1) is 0 Å². The first kappa shape index (κ1) is 21.9. The molecule has 4 rings (SSSR count). The number of hydrogen-bond donors (Lipinski definition) is 2. The van der Waals surface area contributed by atoms with E-state index in [2.05, 4.69) is 10.5 Å². The summed E-state index contributed by atoms with van der Waals surface area (Å²) in [5.41, 5.74) is 2.29. The maximum absolute atomic E-state index is 12.7. The van der Waals surface area contributed by atoms with Crippen LogP contribution in [-0.4, -0.2) is 17.3 Å². The molecule has 168 valence electrons. The Morgan fingerprint density at radius 1 is 1.06 bits per heavy atom. The largest absolute Gasteiger partial charge is 0.488 e. The topological polar surface area (TPSA) is 96.7 Å². The second kappa shape index (κ2) is 9.03. The zero-order valence-corrected chi connectivity index (χ0v) is 16.8. The minimum Gasteiger partial charge on any atom is -0.488 e. The molecular weight excluding hydrogens is 439 g/mol. The third-order valence-electron chi connectivity index (χ3n) is 4.71. The first-order valence-electron chi connectivity index (χ1n) is 9.64. The van der Waals surface area contributed by atoms with Gasteiger partial charge in [-0.25, -0.2) is 5.43 Å². The third kappa shape index (κ3) is 5.12. The van der Waals surface area contributed by atoms with Crippen molar-refractivity contribution in [1.29, 1.82) is 0 Å². The summed E-state index contributed by atoms with van der Waals surface area (Å²) >= 11 is 0. The summed E-state index contributed by atoms with van der Waals surface area (Å²) in [5.74, 6) is -0.347. The van der Waals surface area contributed by atoms with Crippen molar-refractivity contribution in [2.75, 3.05) is 0 Å². The maximum Gasteiger partial charge on any atom is 0.416 e. The lowest BCUT2D eigenvalue weighted by Crippen LogP contribution is -2.17. The van der Waals surface area contributed by atoms with Crippen LogP contribution in [0.5, 0.6) is 5.75 Å². The van der Waals surface area contributed by atoms with Crippen LogP contribution in [0.1, 0.15) is 27.2 Å². The van der Waals surface area contributed by atoms with Gasteiger partial charge in [-0.3, -0.25) is 9.59 Å². The van der Waals surface area contributed by atoms with Crippen LogP contribution in [0.4, 0.5) is 13.2 Å². The highest BCUT2D eigenvalue weighted by Crippen LogP contribution is 2.30. The second-order valence-corrected chi connectivity index (χ2v) is 6.96. The normalized spacial score (nSPS) is 11.7. The summed E-state index contributed by atoms with van der Waals surface area (Å²) in [5, 5.41) is 7.46. The smallest absolute Gasteiger partial charge is 0.416 e. The molecule has 4 aromatic rings. The van der Waals surface area contributed by atoms with Crippen LogP contribution in [0, 0.1) is 0 Å². The number of carbonyl (C=O) groups excluding carboxylic acids is 1. The summed E-state index contributed by atoms with van der Waals surface area (Å²) in [4.78, 5) is 22.9. The van der Waals surface area contributed by atoms with Gasteiger partial charge in [0.1, 0.15) is 12.4 Å². The Morgan fingerprint density at radius 2 is 1.79 bits per heavy atom. The Labute approximate surface area is 184 Å². The number of aromatic amines is 1. The fraction of sp³-hybridized carbons (Fsp3) is 0.0870. The van der Waals surface area contributed by atoms with E-state index < -0.39 is 23.2 Å². The molecule has 0 bridgehead atoms. The van der Waals surface area contributed by atoms with Crippen LogP contribution < -0.4 is 15.7 Å². The minimum absolute atomic E-state index is 0.0908. The molecular formula is C23H16F3N3O4. The number of rotatable bonds is 6. The van der Waals surface area contributed by atoms with Gasteiger partial charge in [0.05, 0.1) is 17.8 Å². The fourth-order valence-corrected chi connectivity index (χ4v) is 3.09. The van der Waals surface area contributed by atoms with Crippen molar-refractivity contribution in [2.45, 2.75) is 12.8 Å². The number of aromatic nitrogens is 1. The lowest BCUT2D eigenvalue weighted by atomic mass is 10.0. The summed E-state index contributed by atoms with van der Waals surface area (Å²) in [7, 11) is 0. The number of benzene rings is 3. The molecule has 0 aliphatic carbocycles. The van der Waals surface area contributed by atoms with E-state index in [4.69, 9.17) is 9.26 Å². The molecule has 1 heterocycles. The van der Waals surface area contributed by atoms with Gasteiger partial charge in [-0.2, -0.15) is 23.4 Å². The van der Waals surface area contributed by atoms with E-state index in [1.165, 1.54) is 18.3 Å². The predicted molar refractivity (Wildman–Crippen MR) is 114 cm³/mol. The van der Waals surface area contributed by atoms with E-state index in [0.717, 1.165) is 29.0 Å². The number of amides is 1. The number of fused-ring (bicyclic) bond motifs is 1. The Bertz CT molecular complexity index is 1370. The van der Waals surface area contributed by atoms with Crippen LogP contribution >= 0.6 is 0 Å². The summed E-state index contributed by atoms with van der Waals surface area (Å²) < 4.78 is 48.7. The first-order chi connectivity index (χ1) is 15.8. The Kier molecular flexibility index (Phi) is 5.99. The van der Waals surface area contributed by atoms with Gasteiger partial charge < -0.3 is 9.26 Å². The molecule has 7 nitrogen and oxygen atoms in total. The number of alkyl halides is 3. The number of carbonyl (C=O) groups is 1. The van der Waals surface area contributed by atoms with E-state index in [9.17, 15) is 22.8 Å².